The fourth-order valence-electron chi connectivity index (χ4n) is 1.99. The lowest BCUT2D eigenvalue weighted by atomic mass is 10.2. The second-order valence-electron chi connectivity index (χ2n) is 4.65. The Morgan fingerprint density at radius 3 is 2.43 bits per heavy atom. The van der Waals surface area contributed by atoms with Gasteiger partial charge in [-0.15, -0.1) is 0 Å². The summed E-state index contributed by atoms with van der Waals surface area (Å²) in [6, 6.07) is 6.91. The van der Waals surface area contributed by atoms with E-state index < -0.39 is 0 Å². The van der Waals surface area contributed by atoms with Gasteiger partial charge in [0.25, 0.3) is 5.91 Å². The van der Waals surface area contributed by atoms with E-state index in [1.807, 2.05) is 19.9 Å². The normalized spacial score (nSPS) is 9.81. The van der Waals surface area contributed by atoms with Crippen LogP contribution < -0.4 is 9.47 Å². The highest BCUT2D eigenvalue weighted by atomic mass is 16.5. The molecule has 5 heteroatoms. The summed E-state index contributed by atoms with van der Waals surface area (Å²) < 4.78 is 10.7. The van der Waals surface area contributed by atoms with Gasteiger partial charge < -0.3 is 14.4 Å². The highest BCUT2D eigenvalue weighted by Gasteiger charge is 2.14. The van der Waals surface area contributed by atoms with Crippen LogP contribution in [-0.4, -0.2) is 37.6 Å². The van der Waals surface area contributed by atoms with Gasteiger partial charge in [-0.1, -0.05) is 13.8 Å². The van der Waals surface area contributed by atoms with Gasteiger partial charge in [0.1, 0.15) is 0 Å². The van der Waals surface area contributed by atoms with Gasteiger partial charge in [0.2, 0.25) is 0 Å². The van der Waals surface area contributed by atoms with Crippen molar-refractivity contribution in [3.63, 3.8) is 0 Å². The van der Waals surface area contributed by atoms with Crippen molar-refractivity contribution in [3.05, 3.63) is 23.8 Å². The van der Waals surface area contributed by atoms with Crippen molar-refractivity contribution in [1.82, 2.24) is 4.90 Å². The second-order valence-corrected chi connectivity index (χ2v) is 4.65. The molecule has 0 aliphatic carbocycles. The quantitative estimate of drug-likeness (QED) is 0.738. The summed E-state index contributed by atoms with van der Waals surface area (Å²) in [5, 5.41) is 8.85. The number of nitrogens with zero attached hydrogens (tertiary/aromatic N) is 2. The first-order valence-electron chi connectivity index (χ1n) is 7.14. The van der Waals surface area contributed by atoms with Crippen molar-refractivity contribution in [2.45, 2.75) is 26.7 Å². The number of methoxy groups -OCH3 is 1. The molecule has 0 bridgehead atoms. The van der Waals surface area contributed by atoms with Gasteiger partial charge in [0.15, 0.2) is 18.1 Å². The lowest BCUT2D eigenvalue weighted by Gasteiger charge is -2.21. The van der Waals surface area contributed by atoms with E-state index in [2.05, 4.69) is 0 Å². The summed E-state index contributed by atoms with van der Waals surface area (Å²) in [6.45, 7) is 5.53. The highest BCUT2D eigenvalue weighted by molar-refractivity contribution is 5.77. The van der Waals surface area contributed by atoms with Crippen LogP contribution >= 0.6 is 0 Å². The van der Waals surface area contributed by atoms with Crippen molar-refractivity contribution in [2.24, 2.45) is 0 Å². The van der Waals surface area contributed by atoms with Crippen LogP contribution in [0.2, 0.25) is 0 Å². The smallest absolute Gasteiger partial charge is 0.260 e. The van der Waals surface area contributed by atoms with Crippen molar-refractivity contribution in [3.8, 4) is 17.6 Å². The molecule has 0 unspecified atom stereocenters. The summed E-state index contributed by atoms with van der Waals surface area (Å²) in [5.41, 5.74) is 0.490. The molecule has 0 saturated heterocycles. The fraction of sp³-hybridized carbons (Fsp3) is 0.500. The molecule has 1 aromatic carbocycles. The minimum Gasteiger partial charge on any atom is -0.493 e. The van der Waals surface area contributed by atoms with Crippen LogP contribution in [0.5, 0.6) is 11.5 Å². The van der Waals surface area contributed by atoms with Gasteiger partial charge >= 0.3 is 0 Å². The standard InChI is InChI=1S/C16H22N2O3/c1-4-8-18(9-5-2)16(19)12-21-14-7-6-13(11-17)10-15(14)20-3/h6-7,10H,4-5,8-9,12H2,1-3H3. The number of amides is 1. The van der Waals surface area contributed by atoms with Gasteiger partial charge in [-0.25, -0.2) is 0 Å². The maximum atomic E-state index is 12.1. The zero-order valence-corrected chi connectivity index (χ0v) is 12.9. The molecule has 0 radical (unpaired) electrons. The predicted octanol–water partition coefficient (Wildman–Crippen LogP) is 2.59. The molecule has 0 saturated carbocycles. The van der Waals surface area contributed by atoms with Gasteiger partial charge in [-0.05, 0) is 25.0 Å². The number of carbonyl (C=O) groups is 1. The van der Waals surface area contributed by atoms with Crippen LogP contribution in [0.25, 0.3) is 0 Å². The van der Waals surface area contributed by atoms with Crippen LogP contribution in [0.4, 0.5) is 0 Å². The van der Waals surface area contributed by atoms with E-state index in [1.165, 1.54) is 7.11 Å². The molecule has 0 N–H and O–H groups in total. The minimum atomic E-state index is -0.0369. The average molecular weight is 290 g/mol. The fourth-order valence-corrected chi connectivity index (χ4v) is 1.99. The molecule has 0 aromatic heterocycles. The first kappa shape index (κ1) is 16.8. The van der Waals surface area contributed by atoms with Crippen LogP contribution in [-0.2, 0) is 4.79 Å². The molecule has 5 nitrogen and oxygen atoms in total. The van der Waals surface area contributed by atoms with Gasteiger partial charge in [-0.3, -0.25) is 4.79 Å². The molecule has 21 heavy (non-hydrogen) atoms. The number of carbonyl (C=O) groups excluding carboxylic acids is 1. The Balaban J connectivity index is 2.69. The molecule has 0 aliphatic heterocycles. The summed E-state index contributed by atoms with van der Waals surface area (Å²) in [5.74, 6) is 0.891. The van der Waals surface area contributed by atoms with Gasteiger partial charge in [0.05, 0.1) is 18.7 Å². The second kappa shape index (κ2) is 8.85. The van der Waals surface area contributed by atoms with Gasteiger partial charge in [0, 0.05) is 19.2 Å². The van der Waals surface area contributed by atoms with Crippen LogP contribution in [0.3, 0.4) is 0 Å². The zero-order valence-electron chi connectivity index (χ0n) is 12.9. The lowest BCUT2D eigenvalue weighted by Crippen LogP contribution is -2.36. The Morgan fingerprint density at radius 1 is 1.24 bits per heavy atom. The third kappa shape index (κ3) is 4.99. The molecular weight excluding hydrogens is 268 g/mol. The minimum absolute atomic E-state index is 0.0255. The number of hydrogen-bond acceptors (Lipinski definition) is 4. The number of ether oxygens (including phenoxy) is 2. The van der Waals surface area contributed by atoms with Crippen molar-refractivity contribution >= 4 is 5.91 Å². The predicted molar refractivity (Wildman–Crippen MR) is 80.4 cm³/mol. The number of hydrogen-bond donors (Lipinski definition) is 0. The zero-order chi connectivity index (χ0) is 15.7. The maximum Gasteiger partial charge on any atom is 0.260 e. The molecular formula is C16H22N2O3. The Bertz CT molecular complexity index is 503. The van der Waals surface area contributed by atoms with E-state index in [9.17, 15) is 4.79 Å². The molecule has 0 spiro atoms. The van der Waals surface area contributed by atoms with E-state index in [-0.39, 0.29) is 12.5 Å². The van der Waals surface area contributed by atoms with E-state index in [0.29, 0.717) is 17.1 Å². The summed E-state index contributed by atoms with van der Waals surface area (Å²) >= 11 is 0. The molecule has 0 heterocycles. The summed E-state index contributed by atoms with van der Waals surface area (Å²) in [7, 11) is 1.51. The third-order valence-electron chi connectivity index (χ3n) is 2.98. The maximum absolute atomic E-state index is 12.1. The van der Waals surface area contributed by atoms with Crippen LogP contribution in [0, 0.1) is 11.3 Å². The Labute approximate surface area is 126 Å². The molecule has 1 rings (SSSR count). The molecule has 1 aromatic rings. The average Bonchev–Trinajstić information content (AvgIpc) is 2.52. The van der Waals surface area contributed by atoms with Crippen LogP contribution in [0.15, 0.2) is 18.2 Å². The number of benzene rings is 1. The monoisotopic (exact) mass is 290 g/mol. The number of rotatable bonds is 8. The Hall–Kier alpha value is -2.22. The van der Waals surface area contributed by atoms with Crippen molar-refractivity contribution in [1.29, 1.82) is 5.26 Å². The topological polar surface area (TPSA) is 62.6 Å². The lowest BCUT2D eigenvalue weighted by molar-refractivity contribution is -0.133. The molecule has 114 valence electrons. The number of nitriles is 1. The Morgan fingerprint density at radius 2 is 1.90 bits per heavy atom. The molecule has 0 aliphatic rings. The third-order valence-corrected chi connectivity index (χ3v) is 2.98. The SMILES string of the molecule is CCCN(CCC)C(=O)COc1ccc(C#N)cc1OC. The molecule has 0 fully saturated rings. The molecule has 1 amide bonds. The van der Waals surface area contributed by atoms with E-state index in [1.54, 1.807) is 23.1 Å². The first-order chi connectivity index (χ1) is 10.2. The Kier molecular flexibility index (Phi) is 7.10. The van der Waals surface area contributed by atoms with E-state index in [4.69, 9.17) is 14.7 Å². The van der Waals surface area contributed by atoms with Gasteiger partial charge in [-0.2, -0.15) is 5.26 Å². The largest absolute Gasteiger partial charge is 0.493 e. The summed E-state index contributed by atoms with van der Waals surface area (Å²) in [6.07, 6.45) is 1.85. The van der Waals surface area contributed by atoms with E-state index in [0.717, 1.165) is 25.9 Å². The summed E-state index contributed by atoms with van der Waals surface area (Å²) in [4.78, 5) is 13.9. The van der Waals surface area contributed by atoms with Crippen LogP contribution in [0.1, 0.15) is 32.3 Å². The highest BCUT2D eigenvalue weighted by Crippen LogP contribution is 2.27. The molecule has 0 atom stereocenters. The van der Waals surface area contributed by atoms with Crippen molar-refractivity contribution in [2.75, 3.05) is 26.8 Å². The van der Waals surface area contributed by atoms with E-state index >= 15 is 0 Å². The first-order valence-corrected chi connectivity index (χ1v) is 7.14. The van der Waals surface area contributed by atoms with Crippen molar-refractivity contribution < 1.29 is 14.3 Å².